The van der Waals surface area contributed by atoms with E-state index in [1.165, 1.54) is 17.6 Å². The SMILES string of the molecule is COC(=O)C[C@H]1C(=O)NCCN1C(=O)COc1ccc2oc3c(c2c1)CCCC3. The highest BCUT2D eigenvalue weighted by molar-refractivity contribution is 5.92. The van der Waals surface area contributed by atoms with Crippen molar-refractivity contribution in [3.63, 3.8) is 0 Å². The Kier molecular flexibility index (Phi) is 5.42. The highest BCUT2D eigenvalue weighted by atomic mass is 16.5. The van der Waals surface area contributed by atoms with Gasteiger partial charge >= 0.3 is 5.97 Å². The lowest BCUT2D eigenvalue weighted by atomic mass is 9.96. The first-order valence-electron chi connectivity index (χ1n) is 9.88. The Morgan fingerprint density at radius 1 is 1.28 bits per heavy atom. The lowest BCUT2D eigenvalue weighted by molar-refractivity contribution is -0.151. The van der Waals surface area contributed by atoms with Crippen LogP contribution in [0.2, 0.25) is 0 Å². The predicted octanol–water partition coefficient (Wildman–Crippen LogP) is 1.58. The quantitative estimate of drug-likeness (QED) is 0.766. The fourth-order valence-corrected chi connectivity index (χ4v) is 4.02. The molecule has 2 aromatic rings. The van der Waals surface area contributed by atoms with Crippen molar-refractivity contribution in [2.75, 3.05) is 26.8 Å². The second kappa shape index (κ2) is 8.14. The molecule has 154 valence electrons. The summed E-state index contributed by atoms with van der Waals surface area (Å²) in [5.74, 6) is 0.376. The number of esters is 1. The van der Waals surface area contributed by atoms with E-state index in [4.69, 9.17) is 9.15 Å². The summed E-state index contributed by atoms with van der Waals surface area (Å²) in [6, 6.07) is 4.67. The minimum atomic E-state index is -0.879. The molecule has 1 N–H and O–H groups in total. The minimum absolute atomic E-state index is 0.179. The summed E-state index contributed by atoms with van der Waals surface area (Å²) in [5, 5.41) is 3.71. The predicted molar refractivity (Wildman–Crippen MR) is 103 cm³/mol. The fourth-order valence-electron chi connectivity index (χ4n) is 4.02. The number of carbonyl (C=O) groups is 3. The molecular weight excluding hydrogens is 376 g/mol. The van der Waals surface area contributed by atoms with E-state index in [1.54, 1.807) is 6.07 Å². The van der Waals surface area contributed by atoms with Crippen LogP contribution in [0.15, 0.2) is 22.6 Å². The number of ether oxygens (including phenoxy) is 2. The van der Waals surface area contributed by atoms with E-state index in [0.29, 0.717) is 18.8 Å². The first kappa shape index (κ1) is 19.3. The Morgan fingerprint density at radius 2 is 2.10 bits per heavy atom. The largest absolute Gasteiger partial charge is 0.484 e. The first-order valence-corrected chi connectivity index (χ1v) is 9.88. The monoisotopic (exact) mass is 400 g/mol. The van der Waals surface area contributed by atoms with E-state index in [1.807, 2.05) is 12.1 Å². The zero-order valence-corrected chi connectivity index (χ0v) is 16.4. The normalized spacial score (nSPS) is 18.9. The number of carbonyl (C=O) groups excluding carboxylic acids is 3. The van der Waals surface area contributed by atoms with E-state index in [9.17, 15) is 14.4 Å². The first-order chi connectivity index (χ1) is 14.1. The number of benzene rings is 1. The van der Waals surface area contributed by atoms with Crippen LogP contribution in [0.25, 0.3) is 11.0 Å². The summed E-state index contributed by atoms with van der Waals surface area (Å²) in [6.45, 7) is 0.454. The number of amides is 2. The molecule has 1 atom stereocenters. The highest BCUT2D eigenvalue weighted by Crippen LogP contribution is 2.34. The van der Waals surface area contributed by atoms with Gasteiger partial charge in [-0.25, -0.2) is 0 Å². The van der Waals surface area contributed by atoms with Gasteiger partial charge in [-0.2, -0.15) is 0 Å². The van der Waals surface area contributed by atoms with Crippen LogP contribution in [-0.4, -0.2) is 55.5 Å². The minimum Gasteiger partial charge on any atom is -0.484 e. The third kappa shape index (κ3) is 3.92. The van der Waals surface area contributed by atoms with Crippen molar-refractivity contribution in [2.24, 2.45) is 0 Å². The molecule has 8 nitrogen and oxygen atoms in total. The van der Waals surface area contributed by atoms with Gasteiger partial charge in [-0.15, -0.1) is 0 Å². The number of furan rings is 1. The lowest BCUT2D eigenvalue weighted by Gasteiger charge is -2.34. The number of methoxy groups -OCH3 is 1. The summed E-state index contributed by atoms with van der Waals surface area (Å²) in [6.07, 6.45) is 4.05. The number of hydrogen-bond acceptors (Lipinski definition) is 6. The van der Waals surface area contributed by atoms with Crippen LogP contribution >= 0.6 is 0 Å². The maximum absolute atomic E-state index is 12.7. The molecule has 1 aromatic carbocycles. The molecule has 1 aromatic heterocycles. The second-order valence-corrected chi connectivity index (χ2v) is 7.33. The van der Waals surface area contributed by atoms with Gasteiger partial charge in [-0.3, -0.25) is 14.4 Å². The van der Waals surface area contributed by atoms with Crippen molar-refractivity contribution >= 4 is 28.8 Å². The smallest absolute Gasteiger partial charge is 0.308 e. The van der Waals surface area contributed by atoms with Crippen molar-refractivity contribution in [2.45, 2.75) is 38.1 Å². The molecule has 1 aliphatic carbocycles. The molecule has 2 amide bonds. The van der Waals surface area contributed by atoms with Gasteiger partial charge < -0.3 is 24.1 Å². The molecule has 0 bridgehead atoms. The number of rotatable bonds is 5. The van der Waals surface area contributed by atoms with Gasteiger partial charge in [-0.05, 0) is 37.5 Å². The van der Waals surface area contributed by atoms with Crippen molar-refractivity contribution in [1.82, 2.24) is 10.2 Å². The van der Waals surface area contributed by atoms with Crippen LogP contribution in [0, 0.1) is 0 Å². The molecule has 4 rings (SSSR count). The number of nitrogens with one attached hydrogen (secondary N) is 1. The topological polar surface area (TPSA) is 98.1 Å². The molecule has 29 heavy (non-hydrogen) atoms. The summed E-state index contributed by atoms with van der Waals surface area (Å²) >= 11 is 0. The van der Waals surface area contributed by atoms with E-state index in [2.05, 4.69) is 10.1 Å². The molecule has 0 unspecified atom stereocenters. The van der Waals surface area contributed by atoms with E-state index < -0.39 is 12.0 Å². The Labute approximate surface area is 168 Å². The Hall–Kier alpha value is -3.03. The number of nitrogens with zero attached hydrogens (tertiary/aromatic N) is 1. The molecular formula is C21H24N2O6. The van der Waals surface area contributed by atoms with Gasteiger partial charge in [0.15, 0.2) is 6.61 Å². The van der Waals surface area contributed by atoms with Crippen molar-refractivity contribution < 1.29 is 28.3 Å². The molecule has 0 spiro atoms. The maximum Gasteiger partial charge on any atom is 0.308 e. The Balaban J connectivity index is 1.45. The summed E-state index contributed by atoms with van der Waals surface area (Å²) < 4.78 is 16.3. The molecule has 1 fully saturated rings. The van der Waals surface area contributed by atoms with E-state index >= 15 is 0 Å². The van der Waals surface area contributed by atoms with Crippen LogP contribution in [0.1, 0.15) is 30.6 Å². The number of piperazine rings is 1. The number of aryl methyl sites for hydroxylation is 2. The average molecular weight is 400 g/mol. The van der Waals surface area contributed by atoms with Crippen LogP contribution in [-0.2, 0) is 32.0 Å². The van der Waals surface area contributed by atoms with Crippen LogP contribution in [0.5, 0.6) is 5.75 Å². The van der Waals surface area contributed by atoms with Gasteiger partial charge in [-0.1, -0.05) is 0 Å². The molecule has 0 radical (unpaired) electrons. The lowest BCUT2D eigenvalue weighted by Crippen LogP contribution is -2.58. The maximum atomic E-state index is 12.7. The average Bonchev–Trinajstić information content (AvgIpc) is 3.11. The van der Waals surface area contributed by atoms with E-state index in [0.717, 1.165) is 42.4 Å². The van der Waals surface area contributed by atoms with Gasteiger partial charge in [0.2, 0.25) is 5.91 Å². The Bertz CT molecular complexity index is 950. The second-order valence-electron chi connectivity index (χ2n) is 7.33. The van der Waals surface area contributed by atoms with Crippen molar-refractivity contribution in [3.8, 4) is 5.75 Å². The zero-order chi connectivity index (χ0) is 20.4. The molecule has 1 saturated heterocycles. The standard InChI is InChI=1S/C21H24N2O6/c1-27-20(25)11-16-21(26)22-8-9-23(16)19(24)12-28-13-6-7-18-15(10-13)14-4-2-3-5-17(14)29-18/h6-7,10,16H,2-5,8-9,11-12H2,1H3,(H,22,26)/t16-/m0/s1. The number of fused-ring (bicyclic) bond motifs is 3. The summed E-state index contributed by atoms with van der Waals surface area (Å²) in [5.41, 5.74) is 2.07. The van der Waals surface area contributed by atoms with Crippen LogP contribution in [0.4, 0.5) is 0 Å². The Morgan fingerprint density at radius 3 is 2.93 bits per heavy atom. The zero-order valence-electron chi connectivity index (χ0n) is 16.4. The van der Waals surface area contributed by atoms with Crippen LogP contribution in [0.3, 0.4) is 0 Å². The van der Waals surface area contributed by atoms with Gasteiger partial charge in [0, 0.05) is 30.5 Å². The highest BCUT2D eigenvalue weighted by Gasteiger charge is 2.35. The molecule has 1 aliphatic heterocycles. The number of hydrogen-bond donors (Lipinski definition) is 1. The molecule has 0 saturated carbocycles. The molecule has 8 heteroatoms. The molecule has 2 aliphatic rings. The van der Waals surface area contributed by atoms with Crippen LogP contribution < -0.4 is 10.1 Å². The third-order valence-corrected chi connectivity index (χ3v) is 5.53. The van der Waals surface area contributed by atoms with Crippen molar-refractivity contribution in [3.05, 3.63) is 29.5 Å². The summed E-state index contributed by atoms with van der Waals surface area (Å²) in [7, 11) is 1.25. The third-order valence-electron chi connectivity index (χ3n) is 5.53. The fraction of sp³-hybridized carbons (Fsp3) is 0.476. The van der Waals surface area contributed by atoms with Crippen molar-refractivity contribution in [1.29, 1.82) is 0 Å². The van der Waals surface area contributed by atoms with Gasteiger partial charge in [0.1, 0.15) is 23.1 Å². The van der Waals surface area contributed by atoms with Gasteiger partial charge in [0.05, 0.1) is 13.5 Å². The molecule has 2 heterocycles. The van der Waals surface area contributed by atoms with Gasteiger partial charge in [0.25, 0.3) is 5.91 Å². The van der Waals surface area contributed by atoms with E-state index in [-0.39, 0.29) is 24.8 Å². The summed E-state index contributed by atoms with van der Waals surface area (Å²) in [4.78, 5) is 37.8.